The Bertz CT molecular complexity index is 860. The van der Waals surface area contributed by atoms with Gasteiger partial charge in [-0.3, -0.25) is 9.79 Å². The van der Waals surface area contributed by atoms with Gasteiger partial charge in [-0.05, 0) is 23.6 Å². The monoisotopic (exact) mass is 401 g/mol. The molecule has 1 aromatic carbocycles. The van der Waals surface area contributed by atoms with Gasteiger partial charge in [0, 0.05) is 59.1 Å². The van der Waals surface area contributed by atoms with Crippen LogP contribution in [0.5, 0.6) is 0 Å². The van der Waals surface area contributed by atoms with Crippen LogP contribution in [0.4, 0.5) is 0 Å². The van der Waals surface area contributed by atoms with E-state index in [4.69, 9.17) is 11.6 Å². The number of nitrogens with one attached hydrogen (secondary N) is 1. The van der Waals surface area contributed by atoms with Gasteiger partial charge in [0.2, 0.25) is 5.91 Å². The lowest BCUT2D eigenvalue weighted by atomic mass is 10.1. The fraction of sp³-hybridized carbons (Fsp3) is 0.429. The van der Waals surface area contributed by atoms with Gasteiger partial charge in [-0.25, -0.2) is 0 Å². The number of aryl methyl sites for hydroxylation is 1. The van der Waals surface area contributed by atoms with E-state index in [0.29, 0.717) is 26.1 Å². The van der Waals surface area contributed by atoms with Crippen LogP contribution in [-0.2, 0) is 31.5 Å². The van der Waals surface area contributed by atoms with Crippen molar-refractivity contribution in [2.75, 3.05) is 20.6 Å². The Morgan fingerprint density at radius 3 is 2.75 bits per heavy atom. The summed E-state index contributed by atoms with van der Waals surface area (Å²) in [6.45, 7) is 2.93. The molecule has 1 saturated heterocycles. The molecule has 3 rings (SSSR count). The van der Waals surface area contributed by atoms with Gasteiger partial charge >= 0.3 is 0 Å². The molecule has 1 amide bonds. The molecule has 28 heavy (non-hydrogen) atoms. The van der Waals surface area contributed by atoms with E-state index in [1.165, 1.54) is 5.56 Å². The summed E-state index contributed by atoms with van der Waals surface area (Å²) in [5.74, 6) is 1.07. The first-order valence-electron chi connectivity index (χ1n) is 9.54. The smallest absolute Gasteiger partial charge is 0.222 e. The summed E-state index contributed by atoms with van der Waals surface area (Å²) >= 11 is 6.08. The summed E-state index contributed by atoms with van der Waals surface area (Å²) < 4.78 is 2.02. The topological polar surface area (TPSA) is 52.9 Å². The van der Waals surface area contributed by atoms with E-state index in [1.807, 2.05) is 41.9 Å². The van der Waals surface area contributed by atoms with Gasteiger partial charge in [-0.2, -0.15) is 0 Å². The lowest BCUT2D eigenvalue weighted by Gasteiger charge is -2.22. The summed E-state index contributed by atoms with van der Waals surface area (Å²) in [4.78, 5) is 20.2. The van der Waals surface area contributed by atoms with Crippen molar-refractivity contribution >= 4 is 23.5 Å². The van der Waals surface area contributed by atoms with Crippen molar-refractivity contribution in [3.05, 3.63) is 58.4 Å². The number of rotatable bonds is 6. The Morgan fingerprint density at radius 2 is 2.11 bits per heavy atom. The predicted molar refractivity (Wildman–Crippen MR) is 113 cm³/mol. The third-order valence-corrected chi connectivity index (χ3v) is 5.24. The molecule has 0 spiro atoms. The summed E-state index contributed by atoms with van der Waals surface area (Å²) in [5, 5.41) is 4.15. The average Bonchev–Trinajstić information content (AvgIpc) is 3.20. The summed E-state index contributed by atoms with van der Waals surface area (Å²) in [7, 11) is 5.78. The van der Waals surface area contributed by atoms with Gasteiger partial charge < -0.3 is 19.7 Å². The highest BCUT2D eigenvalue weighted by atomic mass is 35.5. The molecule has 1 aromatic heterocycles. The van der Waals surface area contributed by atoms with E-state index in [1.54, 1.807) is 7.05 Å². The number of hydrogen-bond donors (Lipinski definition) is 1. The lowest BCUT2D eigenvalue weighted by Crippen LogP contribution is -2.38. The molecule has 7 heteroatoms. The Hall–Kier alpha value is -2.47. The number of guanidine groups is 1. The van der Waals surface area contributed by atoms with Crippen molar-refractivity contribution in [3.8, 4) is 0 Å². The van der Waals surface area contributed by atoms with E-state index in [9.17, 15) is 4.79 Å². The first-order chi connectivity index (χ1) is 13.5. The third kappa shape index (κ3) is 5.07. The second-order valence-corrected chi connectivity index (χ2v) is 7.69. The number of carbonyl (C=O) groups excluding carboxylic acids is 1. The molecule has 1 N–H and O–H groups in total. The number of amides is 1. The largest absolute Gasteiger partial charge is 0.352 e. The van der Waals surface area contributed by atoms with Crippen molar-refractivity contribution in [3.63, 3.8) is 0 Å². The quantitative estimate of drug-likeness (QED) is 0.598. The number of benzene rings is 1. The highest BCUT2D eigenvalue weighted by molar-refractivity contribution is 6.30. The normalized spacial score (nSPS) is 14.6. The molecule has 0 unspecified atom stereocenters. The highest BCUT2D eigenvalue weighted by Crippen LogP contribution is 2.16. The minimum absolute atomic E-state index is 0.256. The number of halogens is 1. The van der Waals surface area contributed by atoms with Crippen LogP contribution in [0.25, 0.3) is 0 Å². The maximum absolute atomic E-state index is 11.9. The maximum atomic E-state index is 11.9. The first-order valence-corrected chi connectivity index (χ1v) is 9.92. The van der Waals surface area contributed by atoms with Crippen LogP contribution in [-0.4, -0.2) is 46.9 Å². The Labute approximate surface area is 171 Å². The van der Waals surface area contributed by atoms with Gasteiger partial charge in [-0.1, -0.05) is 35.9 Å². The zero-order chi connectivity index (χ0) is 20.1. The Morgan fingerprint density at radius 1 is 1.32 bits per heavy atom. The maximum Gasteiger partial charge on any atom is 0.222 e. The predicted octanol–water partition coefficient (Wildman–Crippen LogP) is 3.01. The number of aromatic nitrogens is 1. The standard InChI is InChI=1S/C21H28ClN5O/c1-23-21(26(3)15-19-11-18(22)14-25(19)2)24-12-16-6-4-7-17(10-16)13-27-9-5-8-20(27)28/h4,6-7,10-11,14H,5,8-9,12-13,15H2,1-3H3,(H,23,24). The molecule has 1 aliphatic heterocycles. The van der Waals surface area contributed by atoms with Crippen molar-refractivity contribution in [1.82, 2.24) is 19.7 Å². The van der Waals surface area contributed by atoms with Crippen molar-refractivity contribution in [2.45, 2.75) is 32.5 Å². The number of aliphatic imine (C=N–C) groups is 1. The van der Waals surface area contributed by atoms with E-state index in [-0.39, 0.29) is 5.91 Å². The van der Waals surface area contributed by atoms with Crippen LogP contribution < -0.4 is 5.32 Å². The second-order valence-electron chi connectivity index (χ2n) is 7.26. The molecule has 1 aliphatic rings. The van der Waals surface area contributed by atoms with Crippen molar-refractivity contribution in [2.24, 2.45) is 12.0 Å². The molecule has 0 radical (unpaired) electrons. The Kier molecular flexibility index (Phi) is 6.62. The molecular weight excluding hydrogens is 374 g/mol. The minimum Gasteiger partial charge on any atom is -0.352 e. The first kappa shape index (κ1) is 20.3. The van der Waals surface area contributed by atoms with E-state index in [0.717, 1.165) is 35.2 Å². The van der Waals surface area contributed by atoms with Gasteiger partial charge in [-0.15, -0.1) is 0 Å². The van der Waals surface area contributed by atoms with Gasteiger partial charge in [0.25, 0.3) is 0 Å². The Balaban J connectivity index is 1.58. The van der Waals surface area contributed by atoms with Crippen LogP contribution >= 0.6 is 11.6 Å². The van der Waals surface area contributed by atoms with Crippen LogP contribution in [0, 0.1) is 0 Å². The SMILES string of the molecule is CN=C(NCc1cccc(CN2CCCC2=O)c1)N(C)Cc1cc(Cl)cn1C. The fourth-order valence-corrected chi connectivity index (χ4v) is 3.81. The van der Waals surface area contributed by atoms with E-state index >= 15 is 0 Å². The van der Waals surface area contributed by atoms with Crippen LogP contribution in [0.2, 0.25) is 5.02 Å². The molecule has 0 bridgehead atoms. The summed E-state index contributed by atoms with van der Waals surface area (Å²) in [6, 6.07) is 10.3. The highest BCUT2D eigenvalue weighted by Gasteiger charge is 2.20. The molecule has 150 valence electrons. The fourth-order valence-electron chi connectivity index (χ4n) is 3.54. The molecular formula is C21H28ClN5O. The number of hydrogen-bond acceptors (Lipinski definition) is 2. The van der Waals surface area contributed by atoms with Gasteiger partial charge in [0.15, 0.2) is 5.96 Å². The summed E-state index contributed by atoms with van der Waals surface area (Å²) in [6.07, 6.45) is 3.54. The van der Waals surface area contributed by atoms with Crippen molar-refractivity contribution in [1.29, 1.82) is 0 Å². The van der Waals surface area contributed by atoms with E-state index < -0.39 is 0 Å². The molecule has 2 aromatic rings. The molecule has 1 fully saturated rings. The molecule has 0 atom stereocenters. The van der Waals surface area contributed by atoms with Crippen LogP contribution in [0.3, 0.4) is 0 Å². The number of nitrogens with zero attached hydrogens (tertiary/aromatic N) is 4. The number of carbonyl (C=O) groups is 1. The summed E-state index contributed by atoms with van der Waals surface area (Å²) in [5.41, 5.74) is 3.45. The zero-order valence-electron chi connectivity index (χ0n) is 16.8. The third-order valence-electron chi connectivity index (χ3n) is 5.03. The van der Waals surface area contributed by atoms with Crippen LogP contribution in [0.15, 0.2) is 41.5 Å². The molecule has 0 saturated carbocycles. The van der Waals surface area contributed by atoms with Gasteiger partial charge in [0.1, 0.15) is 0 Å². The molecule has 0 aliphatic carbocycles. The van der Waals surface area contributed by atoms with Crippen molar-refractivity contribution < 1.29 is 4.79 Å². The van der Waals surface area contributed by atoms with Gasteiger partial charge in [0.05, 0.1) is 11.6 Å². The molecule has 6 nitrogen and oxygen atoms in total. The number of likely N-dealkylation sites (tertiary alicyclic amines) is 1. The zero-order valence-corrected chi connectivity index (χ0v) is 17.5. The van der Waals surface area contributed by atoms with E-state index in [2.05, 4.69) is 33.4 Å². The minimum atomic E-state index is 0.256. The molecule has 2 heterocycles. The average molecular weight is 402 g/mol. The van der Waals surface area contributed by atoms with Crippen LogP contribution in [0.1, 0.15) is 29.7 Å². The second kappa shape index (κ2) is 9.15. The lowest BCUT2D eigenvalue weighted by molar-refractivity contribution is -0.128.